The molecule has 1 heterocycles. The number of nitrogens with one attached hydrogen (secondary N) is 1. The number of fused-ring (bicyclic) bond motifs is 1. The average Bonchev–Trinajstić information content (AvgIpc) is 2.75. The zero-order valence-electron chi connectivity index (χ0n) is 8.99. The molecule has 0 fully saturated rings. The lowest BCUT2D eigenvalue weighted by Crippen LogP contribution is -2.31. The molecule has 1 atom stereocenters. The first-order chi connectivity index (χ1) is 7.70. The summed E-state index contributed by atoms with van der Waals surface area (Å²) in [5, 5.41) is 11.2. The van der Waals surface area contributed by atoms with Crippen LogP contribution in [0.15, 0.2) is 18.2 Å². The van der Waals surface area contributed by atoms with E-state index in [9.17, 15) is 4.79 Å². The zero-order chi connectivity index (χ0) is 11.5. The lowest BCUT2D eigenvalue weighted by atomic mass is 10.1. The number of carbonyl (C=O) groups is 1. The molecule has 0 spiro atoms. The standard InChI is InChI=1S/C12H12N2O2/c1-8(7-13)14-12(15)10-2-3-11-9(6-10)4-5-16-11/h2-3,6,8H,4-5H2,1H3,(H,14,15). The van der Waals surface area contributed by atoms with Crippen LogP contribution in [0.2, 0.25) is 0 Å². The van der Waals surface area contributed by atoms with Crippen LogP contribution >= 0.6 is 0 Å². The van der Waals surface area contributed by atoms with Crippen LogP contribution in [0.1, 0.15) is 22.8 Å². The molecular weight excluding hydrogens is 204 g/mol. The van der Waals surface area contributed by atoms with E-state index in [1.54, 1.807) is 19.1 Å². The third-order valence-corrected chi connectivity index (χ3v) is 2.49. The molecule has 1 amide bonds. The van der Waals surface area contributed by atoms with Crippen LogP contribution in [-0.2, 0) is 6.42 Å². The van der Waals surface area contributed by atoms with Crippen LogP contribution < -0.4 is 10.1 Å². The Kier molecular flexibility index (Phi) is 2.78. The van der Waals surface area contributed by atoms with E-state index in [1.807, 2.05) is 12.1 Å². The van der Waals surface area contributed by atoms with Gasteiger partial charge in [-0.25, -0.2) is 0 Å². The summed E-state index contributed by atoms with van der Waals surface area (Å²) < 4.78 is 5.35. The summed E-state index contributed by atoms with van der Waals surface area (Å²) in [7, 11) is 0. The van der Waals surface area contributed by atoms with Crippen LogP contribution in [0, 0.1) is 11.3 Å². The maximum atomic E-state index is 11.7. The van der Waals surface area contributed by atoms with E-state index in [4.69, 9.17) is 10.00 Å². The number of carbonyl (C=O) groups excluding carboxylic acids is 1. The largest absolute Gasteiger partial charge is 0.493 e. The van der Waals surface area contributed by atoms with Gasteiger partial charge < -0.3 is 10.1 Å². The highest BCUT2D eigenvalue weighted by Gasteiger charge is 2.15. The van der Waals surface area contributed by atoms with Gasteiger partial charge in [-0.2, -0.15) is 5.26 Å². The molecule has 0 aliphatic carbocycles. The Labute approximate surface area is 93.8 Å². The van der Waals surface area contributed by atoms with Crippen molar-refractivity contribution in [3.05, 3.63) is 29.3 Å². The van der Waals surface area contributed by atoms with Crippen LogP contribution in [0.3, 0.4) is 0 Å². The minimum absolute atomic E-state index is 0.219. The number of benzene rings is 1. The minimum Gasteiger partial charge on any atom is -0.493 e. The molecule has 16 heavy (non-hydrogen) atoms. The van der Waals surface area contributed by atoms with Gasteiger partial charge >= 0.3 is 0 Å². The molecule has 0 bridgehead atoms. The van der Waals surface area contributed by atoms with E-state index in [-0.39, 0.29) is 5.91 Å². The quantitative estimate of drug-likeness (QED) is 0.809. The van der Waals surface area contributed by atoms with Gasteiger partial charge in [0, 0.05) is 12.0 Å². The van der Waals surface area contributed by atoms with E-state index in [2.05, 4.69) is 5.32 Å². The van der Waals surface area contributed by atoms with E-state index in [0.29, 0.717) is 12.2 Å². The van der Waals surface area contributed by atoms with Gasteiger partial charge in [0.25, 0.3) is 5.91 Å². The van der Waals surface area contributed by atoms with E-state index >= 15 is 0 Å². The third-order valence-electron chi connectivity index (χ3n) is 2.49. The fourth-order valence-corrected chi connectivity index (χ4v) is 1.64. The van der Waals surface area contributed by atoms with Crippen molar-refractivity contribution in [2.45, 2.75) is 19.4 Å². The fraction of sp³-hybridized carbons (Fsp3) is 0.333. The Morgan fingerprint density at radius 3 is 3.19 bits per heavy atom. The van der Waals surface area contributed by atoms with Crippen LogP contribution in [-0.4, -0.2) is 18.6 Å². The smallest absolute Gasteiger partial charge is 0.252 e. The first-order valence-electron chi connectivity index (χ1n) is 5.17. The van der Waals surface area contributed by atoms with Crippen LogP contribution in [0.4, 0.5) is 0 Å². The Bertz CT molecular complexity index is 463. The summed E-state index contributed by atoms with van der Waals surface area (Å²) in [6.07, 6.45) is 0.838. The molecule has 2 rings (SSSR count). The number of ether oxygens (including phenoxy) is 1. The number of hydrogen-bond donors (Lipinski definition) is 1. The van der Waals surface area contributed by atoms with Gasteiger partial charge in [0.1, 0.15) is 11.8 Å². The van der Waals surface area contributed by atoms with Gasteiger partial charge in [-0.1, -0.05) is 0 Å². The number of rotatable bonds is 2. The Morgan fingerprint density at radius 2 is 2.44 bits per heavy atom. The van der Waals surface area contributed by atoms with Crippen LogP contribution in [0.5, 0.6) is 5.75 Å². The van der Waals surface area contributed by atoms with Gasteiger partial charge in [0.05, 0.1) is 12.7 Å². The molecule has 4 nitrogen and oxygen atoms in total. The molecule has 82 valence electrons. The highest BCUT2D eigenvalue weighted by molar-refractivity contribution is 5.95. The molecule has 0 radical (unpaired) electrons. The van der Waals surface area contributed by atoms with Gasteiger partial charge in [-0.05, 0) is 30.7 Å². The summed E-state index contributed by atoms with van der Waals surface area (Å²) in [6.45, 7) is 2.32. The van der Waals surface area contributed by atoms with Crippen molar-refractivity contribution in [2.75, 3.05) is 6.61 Å². The lowest BCUT2D eigenvalue weighted by Gasteiger charge is -2.07. The summed E-state index contributed by atoms with van der Waals surface area (Å²) in [5.74, 6) is 0.633. The summed E-state index contributed by atoms with van der Waals surface area (Å²) in [6, 6.07) is 6.82. The highest BCUT2D eigenvalue weighted by Crippen LogP contribution is 2.25. The van der Waals surface area contributed by atoms with Gasteiger partial charge in [0.15, 0.2) is 0 Å². The SMILES string of the molecule is CC(C#N)NC(=O)c1ccc2c(c1)CCO2. The lowest BCUT2D eigenvalue weighted by molar-refractivity contribution is 0.0947. The molecule has 1 aliphatic heterocycles. The number of nitriles is 1. The van der Waals surface area contributed by atoms with E-state index < -0.39 is 6.04 Å². The second-order valence-electron chi connectivity index (χ2n) is 3.75. The first kappa shape index (κ1) is 10.5. The molecule has 1 unspecified atom stereocenters. The first-order valence-corrected chi connectivity index (χ1v) is 5.17. The molecule has 0 saturated carbocycles. The normalized spacial score (nSPS) is 14.5. The number of hydrogen-bond acceptors (Lipinski definition) is 3. The van der Waals surface area contributed by atoms with Gasteiger partial charge in [-0.3, -0.25) is 4.79 Å². The third kappa shape index (κ3) is 1.98. The minimum atomic E-state index is -0.475. The van der Waals surface area contributed by atoms with Crippen molar-refractivity contribution in [3.63, 3.8) is 0 Å². The molecule has 1 aromatic rings. The molecule has 0 saturated heterocycles. The maximum Gasteiger partial charge on any atom is 0.252 e. The number of nitrogens with zero attached hydrogens (tertiary/aromatic N) is 1. The molecule has 1 aromatic carbocycles. The van der Waals surface area contributed by atoms with Crippen molar-refractivity contribution in [2.24, 2.45) is 0 Å². The molecule has 0 aromatic heterocycles. The van der Waals surface area contributed by atoms with Gasteiger partial charge in [0.2, 0.25) is 0 Å². The van der Waals surface area contributed by atoms with E-state index in [0.717, 1.165) is 17.7 Å². The average molecular weight is 216 g/mol. The van der Waals surface area contributed by atoms with Crippen molar-refractivity contribution >= 4 is 5.91 Å². The van der Waals surface area contributed by atoms with Crippen LogP contribution in [0.25, 0.3) is 0 Å². The zero-order valence-corrected chi connectivity index (χ0v) is 8.99. The Hall–Kier alpha value is -2.02. The predicted molar refractivity (Wildman–Crippen MR) is 58.2 cm³/mol. The molecular formula is C12H12N2O2. The van der Waals surface area contributed by atoms with E-state index in [1.165, 1.54) is 0 Å². The second-order valence-corrected chi connectivity index (χ2v) is 3.75. The Balaban J connectivity index is 2.16. The summed E-state index contributed by atoms with van der Waals surface area (Å²) in [4.78, 5) is 11.7. The monoisotopic (exact) mass is 216 g/mol. The summed E-state index contributed by atoms with van der Waals surface area (Å²) >= 11 is 0. The van der Waals surface area contributed by atoms with Gasteiger partial charge in [-0.15, -0.1) is 0 Å². The van der Waals surface area contributed by atoms with Crippen molar-refractivity contribution in [1.29, 1.82) is 5.26 Å². The highest BCUT2D eigenvalue weighted by atomic mass is 16.5. The van der Waals surface area contributed by atoms with Crippen molar-refractivity contribution < 1.29 is 9.53 Å². The van der Waals surface area contributed by atoms with Crippen molar-refractivity contribution in [1.82, 2.24) is 5.32 Å². The molecule has 1 N–H and O–H groups in total. The second kappa shape index (κ2) is 4.23. The summed E-state index contributed by atoms with van der Waals surface area (Å²) in [5.41, 5.74) is 1.63. The predicted octanol–water partition coefficient (Wildman–Crippen LogP) is 1.26. The molecule has 1 aliphatic rings. The fourth-order valence-electron chi connectivity index (χ4n) is 1.64. The Morgan fingerprint density at radius 1 is 1.62 bits per heavy atom. The van der Waals surface area contributed by atoms with Crippen molar-refractivity contribution in [3.8, 4) is 11.8 Å². The molecule has 4 heteroatoms. The topological polar surface area (TPSA) is 62.1 Å². The number of amides is 1. The maximum absolute atomic E-state index is 11.7.